The number of aromatic nitrogens is 1. The molecule has 2 aromatic rings. The zero-order valence-corrected chi connectivity index (χ0v) is 17.7. The first-order valence-corrected chi connectivity index (χ1v) is 10.7. The van der Waals surface area contributed by atoms with E-state index in [4.69, 9.17) is 9.47 Å². The average molecular weight is 397 g/mol. The van der Waals surface area contributed by atoms with Crippen LogP contribution < -0.4 is 14.4 Å². The van der Waals surface area contributed by atoms with E-state index in [1.165, 1.54) is 18.4 Å². The maximum atomic E-state index is 10.7. The second-order valence-corrected chi connectivity index (χ2v) is 8.74. The molecule has 0 amide bonds. The third-order valence-corrected chi connectivity index (χ3v) is 6.84. The van der Waals surface area contributed by atoms with Gasteiger partial charge >= 0.3 is 0 Å². The molecule has 1 aromatic heterocycles. The number of pyridine rings is 1. The van der Waals surface area contributed by atoms with Crippen LogP contribution in [-0.4, -0.2) is 42.5 Å². The van der Waals surface area contributed by atoms with Gasteiger partial charge in [0, 0.05) is 30.6 Å². The maximum Gasteiger partial charge on any atom is 0.161 e. The number of rotatable bonds is 6. The molecule has 1 aromatic carbocycles. The second kappa shape index (κ2) is 8.23. The molecule has 1 saturated heterocycles. The topological polar surface area (TPSA) is 54.8 Å². The quantitative estimate of drug-likeness (QED) is 0.784. The fourth-order valence-electron chi connectivity index (χ4n) is 4.83. The van der Waals surface area contributed by atoms with Crippen molar-refractivity contribution in [1.82, 2.24) is 4.98 Å². The zero-order valence-electron chi connectivity index (χ0n) is 17.7. The molecule has 1 aliphatic heterocycles. The van der Waals surface area contributed by atoms with Crippen molar-refractivity contribution in [3.63, 3.8) is 0 Å². The van der Waals surface area contributed by atoms with Crippen LogP contribution in [0.5, 0.6) is 11.5 Å². The molecular weight excluding hydrogens is 364 g/mol. The van der Waals surface area contributed by atoms with Gasteiger partial charge in [-0.1, -0.05) is 19.1 Å². The lowest BCUT2D eigenvalue weighted by Crippen LogP contribution is -2.37. The van der Waals surface area contributed by atoms with Gasteiger partial charge in [-0.3, -0.25) is 0 Å². The summed E-state index contributed by atoms with van der Waals surface area (Å²) < 4.78 is 11.9. The predicted octanol–water partition coefficient (Wildman–Crippen LogP) is 4.40. The molecule has 0 bridgehead atoms. The van der Waals surface area contributed by atoms with Gasteiger partial charge in [0.25, 0.3) is 0 Å². The molecule has 156 valence electrons. The van der Waals surface area contributed by atoms with Crippen LogP contribution in [0.25, 0.3) is 0 Å². The van der Waals surface area contributed by atoms with E-state index in [0.717, 1.165) is 43.2 Å². The zero-order chi connectivity index (χ0) is 20.4. The van der Waals surface area contributed by atoms with Gasteiger partial charge in [-0.25, -0.2) is 4.98 Å². The fraction of sp³-hybridized carbons (Fsp3) is 0.542. The van der Waals surface area contributed by atoms with Crippen LogP contribution in [0.3, 0.4) is 0 Å². The number of hydrogen-bond acceptors (Lipinski definition) is 5. The molecule has 4 rings (SSSR count). The van der Waals surface area contributed by atoms with E-state index in [0.29, 0.717) is 0 Å². The first-order valence-electron chi connectivity index (χ1n) is 10.7. The molecule has 0 radical (unpaired) electrons. The van der Waals surface area contributed by atoms with Crippen molar-refractivity contribution in [3.8, 4) is 11.5 Å². The summed E-state index contributed by atoms with van der Waals surface area (Å²) in [4.78, 5) is 6.80. The summed E-state index contributed by atoms with van der Waals surface area (Å²) in [5, 5.41) is 10.7. The van der Waals surface area contributed by atoms with Gasteiger partial charge in [0.2, 0.25) is 0 Å². The fourth-order valence-corrected chi connectivity index (χ4v) is 4.83. The SMILES string of the molecule is COc1ccc([C@@H]2CN(c3ccccn3)C[C@@]2(C)[C@@H](C)O)cc1OC1CCCC1. The minimum absolute atomic E-state index is 0.168. The highest BCUT2D eigenvalue weighted by molar-refractivity contribution is 5.48. The first-order chi connectivity index (χ1) is 14.0. The van der Waals surface area contributed by atoms with E-state index in [-0.39, 0.29) is 17.4 Å². The van der Waals surface area contributed by atoms with Gasteiger partial charge in [-0.15, -0.1) is 0 Å². The molecular formula is C24H32N2O3. The first kappa shape index (κ1) is 20.0. The molecule has 0 unspecified atom stereocenters. The van der Waals surface area contributed by atoms with Crippen molar-refractivity contribution < 1.29 is 14.6 Å². The highest BCUT2D eigenvalue weighted by Crippen LogP contribution is 2.47. The predicted molar refractivity (Wildman–Crippen MR) is 115 cm³/mol. The Morgan fingerprint density at radius 1 is 1.17 bits per heavy atom. The third kappa shape index (κ3) is 3.93. The third-order valence-electron chi connectivity index (χ3n) is 6.84. The van der Waals surface area contributed by atoms with Gasteiger partial charge < -0.3 is 19.5 Å². The number of methoxy groups -OCH3 is 1. The van der Waals surface area contributed by atoms with Crippen LogP contribution >= 0.6 is 0 Å². The Hall–Kier alpha value is -2.27. The van der Waals surface area contributed by atoms with Crippen LogP contribution in [0, 0.1) is 5.41 Å². The van der Waals surface area contributed by atoms with Crippen molar-refractivity contribution in [3.05, 3.63) is 48.2 Å². The lowest BCUT2D eigenvalue weighted by Gasteiger charge is -2.34. The van der Waals surface area contributed by atoms with E-state index < -0.39 is 6.10 Å². The molecule has 0 spiro atoms. The van der Waals surface area contributed by atoms with Crippen molar-refractivity contribution in [2.75, 3.05) is 25.1 Å². The van der Waals surface area contributed by atoms with E-state index in [1.54, 1.807) is 7.11 Å². The van der Waals surface area contributed by atoms with Gasteiger partial charge in [0.15, 0.2) is 11.5 Å². The largest absolute Gasteiger partial charge is 0.493 e. The molecule has 1 saturated carbocycles. The minimum atomic E-state index is -0.442. The number of aliphatic hydroxyl groups is 1. The monoisotopic (exact) mass is 396 g/mol. The number of aliphatic hydroxyl groups excluding tert-OH is 1. The summed E-state index contributed by atoms with van der Waals surface area (Å²) in [5.74, 6) is 2.72. The van der Waals surface area contributed by atoms with Crippen LogP contribution in [0.4, 0.5) is 5.82 Å². The standard InChI is InChI=1S/C24H32N2O3/c1-17(27)24(2)16-26(23-10-6-7-13-25-23)15-20(24)18-11-12-21(28-3)22(14-18)29-19-8-4-5-9-19/h6-7,10-14,17,19-20,27H,4-5,8-9,15-16H2,1-3H3/t17-,20+,24+/m1/s1. The highest BCUT2D eigenvalue weighted by atomic mass is 16.5. The van der Waals surface area contributed by atoms with Crippen molar-refractivity contribution in [2.24, 2.45) is 5.41 Å². The second-order valence-electron chi connectivity index (χ2n) is 8.74. The Balaban J connectivity index is 1.65. The molecule has 5 nitrogen and oxygen atoms in total. The summed E-state index contributed by atoms with van der Waals surface area (Å²) in [7, 11) is 1.69. The molecule has 2 heterocycles. The summed E-state index contributed by atoms with van der Waals surface area (Å²) in [6, 6.07) is 12.2. The molecule has 5 heteroatoms. The van der Waals surface area contributed by atoms with E-state index in [9.17, 15) is 5.11 Å². The molecule has 2 fully saturated rings. The van der Waals surface area contributed by atoms with Gasteiger partial charge in [0.1, 0.15) is 5.82 Å². The van der Waals surface area contributed by atoms with Gasteiger partial charge in [-0.05, 0) is 62.4 Å². The van der Waals surface area contributed by atoms with Gasteiger partial charge in [0.05, 0.1) is 19.3 Å². The Bertz CT molecular complexity index is 820. The molecule has 1 N–H and O–H groups in total. The lowest BCUT2D eigenvalue weighted by molar-refractivity contribution is 0.0558. The summed E-state index contributed by atoms with van der Waals surface area (Å²) in [6.45, 7) is 5.65. The number of anilines is 1. The summed E-state index contributed by atoms with van der Waals surface area (Å²) in [6.07, 6.45) is 6.33. The van der Waals surface area contributed by atoms with Gasteiger partial charge in [-0.2, -0.15) is 0 Å². The average Bonchev–Trinajstić information content (AvgIpc) is 3.37. The minimum Gasteiger partial charge on any atom is -0.493 e. The van der Waals surface area contributed by atoms with Crippen LogP contribution in [0.15, 0.2) is 42.6 Å². The Kier molecular flexibility index (Phi) is 5.68. The smallest absolute Gasteiger partial charge is 0.161 e. The lowest BCUT2D eigenvalue weighted by atomic mass is 9.72. The van der Waals surface area contributed by atoms with E-state index >= 15 is 0 Å². The maximum absolute atomic E-state index is 10.7. The Labute approximate surface area is 173 Å². The van der Waals surface area contributed by atoms with E-state index in [1.807, 2.05) is 37.4 Å². The van der Waals surface area contributed by atoms with Crippen LogP contribution in [0.1, 0.15) is 51.0 Å². The number of nitrogens with zero attached hydrogens (tertiary/aromatic N) is 2. The molecule has 1 aliphatic carbocycles. The number of hydrogen-bond donors (Lipinski definition) is 1. The molecule has 3 atom stereocenters. The highest BCUT2D eigenvalue weighted by Gasteiger charge is 2.47. The van der Waals surface area contributed by atoms with Crippen molar-refractivity contribution >= 4 is 5.82 Å². The number of benzene rings is 1. The molecule has 2 aliphatic rings. The van der Waals surface area contributed by atoms with Crippen LogP contribution in [0.2, 0.25) is 0 Å². The molecule has 29 heavy (non-hydrogen) atoms. The van der Waals surface area contributed by atoms with Crippen molar-refractivity contribution in [2.45, 2.75) is 57.7 Å². The Morgan fingerprint density at radius 2 is 1.97 bits per heavy atom. The number of ether oxygens (including phenoxy) is 2. The Morgan fingerprint density at radius 3 is 2.62 bits per heavy atom. The summed E-state index contributed by atoms with van der Waals surface area (Å²) >= 11 is 0. The van der Waals surface area contributed by atoms with E-state index in [2.05, 4.69) is 28.9 Å². The summed E-state index contributed by atoms with van der Waals surface area (Å²) in [5.41, 5.74) is 0.900. The normalized spacial score (nSPS) is 25.9. The van der Waals surface area contributed by atoms with Crippen LogP contribution in [-0.2, 0) is 0 Å². The van der Waals surface area contributed by atoms with Crippen molar-refractivity contribution in [1.29, 1.82) is 0 Å².